The van der Waals surface area contributed by atoms with Crippen molar-refractivity contribution < 1.29 is 9.47 Å². The van der Waals surface area contributed by atoms with Crippen LogP contribution in [0.25, 0.3) is 0 Å². The highest BCUT2D eigenvalue weighted by atomic mass is 16.5. The van der Waals surface area contributed by atoms with E-state index in [0.29, 0.717) is 12.5 Å². The van der Waals surface area contributed by atoms with E-state index in [2.05, 4.69) is 24.0 Å². The lowest BCUT2D eigenvalue weighted by Crippen LogP contribution is -2.39. The van der Waals surface area contributed by atoms with Gasteiger partial charge < -0.3 is 15.2 Å². The van der Waals surface area contributed by atoms with Crippen molar-refractivity contribution in [2.24, 2.45) is 11.7 Å². The van der Waals surface area contributed by atoms with Crippen molar-refractivity contribution in [2.45, 2.75) is 13.3 Å². The molecule has 2 rings (SSSR count). The lowest BCUT2D eigenvalue weighted by atomic mass is 10.1. The maximum Gasteiger partial charge on any atom is 0.119 e. The Kier molecular flexibility index (Phi) is 6.30. The van der Waals surface area contributed by atoms with Gasteiger partial charge in [-0.1, -0.05) is 19.1 Å². The number of hydrogen-bond acceptors (Lipinski definition) is 4. The van der Waals surface area contributed by atoms with Crippen molar-refractivity contribution >= 4 is 0 Å². The van der Waals surface area contributed by atoms with E-state index in [9.17, 15) is 0 Å². The van der Waals surface area contributed by atoms with Gasteiger partial charge in [-0.25, -0.2) is 0 Å². The maximum absolute atomic E-state index is 5.90. The molecule has 4 heteroatoms. The minimum Gasteiger partial charge on any atom is -0.493 e. The van der Waals surface area contributed by atoms with Crippen molar-refractivity contribution in [3.63, 3.8) is 0 Å². The van der Waals surface area contributed by atoms with Crippen LogP contribution in [0.4, 0.5) is 0 Å². The summed E-state index contributed by atoms with van der Waals surface area (Å²) in [6, 6.07) is 8.24. The van der Waals surface area contributed by atoms with Gasteiger partial charge in [-0.15, -0.1) is 0 Å². The second-order valence-electron chi connectivity index (χ2n) is 5.52. The molecule has 0 aliphatic carbocycles. The molecule has 112 valence electrons. The molecule has 1 atom stereocenters. The monoisotopic (exact) mass is 278 g/mol. The number of nitrogens with two attached hydrogens (primary N) is 1. The van der Waals surface area contributed by atoms with Gasteiger partial charge in [0.15, 0.2) is 0 Å². The number of morpholine rings is 1. The molecule has 1 unspecified atom stereocenters. The highest BCUT2D eigenvalue weighted by Gasteiger charge is 2.14. The van der Waals surface area contributed by atoms with Gasteiger partial charge in [-0.3, -0.25) is 4.90 Å². The van der Waals surface area contributed by atoms with Gasteiger partial charge in [0.1, 0.15) is 5.75 Å². The minimum absolute atomic E-state index is 0.520. The lowest BCUT2D eigenvalue weighted by Gasteiger charge is -2.29. The molecule has 1 heterocycles. The molecule has 1 saturated heterocycles. The zero-order valence-electron chi connectivity index (χ0n) is 12.4. The van der Waals surface area contributed by atoms with Crippen molar-refractivity contribution in [3.8, 4) is 5.75 Å². The van der Waals surface area contributed by atoms with Gasteiger partial charge in [0, 0.05) is 25.6 Å². The number of nitrogens with zero attached hydrogens (tertiary/aromatic N) is 1. The third kappa shape index (κ3) is 5.12. The summed E-state index contributed by atoms with van der Waals surface area (Å²) in [6.45, 7) is 8.53. The van der Waals surface area contributed by atoms with Gasteiger partial charge in [0.05, 0.1) is 19.8 Å². The highest BCUT2D eigenvalue weighted by Crippen LogP contribution is 2.15. The molecule has 0 radical (unpaired) electrons. The lowest BCUT2D eigenvalue weighted by molar-refractivity contribution is 0.0283. The fraction of sp³-hybridized carbons (Fsp3) is 0.625. The molecule has 1 aliphatic heterocycles. The Hall–Kier alpha value is -1.10. The van der Waals surface area contributed by atoms with Gasteiger partial charge in [-0.05, 0) is 30.7 Å². The second-order valence-corrected chi connectivity index (χ2v) is 5.52. The van der Waals surface area contributed by atoms with E-state index in [1.807, 2.05) is 12.1 Å². The van der Waals surface area contributed by atoms with E-state index < -0.39 is 0 Å². The fourth-order valence-electron chi connectivity index (χ4n) is 2.47. The number of benzene rings is 1. The normalized spacial score (nSPS) is 17.9. The van der Waals surface area contributed by atoms with Crippen LogP contribution in [0.3, 0.4) is 0 Å². The first kappa shape index (κ1) is 15.3. The van der Waals surface area contributed by atoms with Gasteiger partial charge in [0.2, 0.25) is 0 Å². The summed E-state index contributed by atoms with van der Waals surface area (Å²) in [5, 5.41) is 0. The van der Waals surface area contributed by atoms with Crippen LogP contribution in [0.2, 0.25) is 0 Å². The molecule has 20 heavy (non-hydrogen) atoms. The van der Waals surface area contributed by atoms with E-state index in [1.54, 1.807) is 0 Å². The Morgan fingerprint density at radius 2 is 2.15 bits per heavy atom. The SMILES string of the molecule is CC(COc1cccc(CCN)c1)CN1CCOCC1. The highest BCUT2D eigenvalue weighted by molar-refractivity contribution is 5.28. The molecule has 4 nitrogen and oxygen atoms in total. The van der Waals surface area contributed by atoms with E-state index in [-0.39, 0.29) is 0 Å². The van der Waals surface area contributed by atoms with Crippen LogP contribution < -0.4 is 10.5 Å². The second kappa shape index (κ2) is 8.25. The molecular weight excluding hydrogens is 252 g/mol. The topological polar surface area (TPSA) is 47.7 Å². The molecule has 0 amide bonds. The van der Waals surface area contributed by atoms with Gasteiger partial charge in [-0.2, -0.15) is 0 Å². The third-order valence-electron chi connectivity index (χ3n) is 3.54. The number of hydrogen-bond donors (Lipinski definition) is 1. The first-order valence-corrected chi connectivity index (χ1v) is 7.50. The van der Waals surface area contributed by atoms with Crippen molar-refractivity contribution in [1.29, 1.82) is 0 Å². The Labute approximate surface area is 121 Å². The van der Waals surface area contributed by atoms with Gasteiger partial charge in [0.25, 0.3) is 0 Å². The Morgan fingerprint density at radius 3 is 2.90 bits per heavy atom. The Balaban J connectivity index is 1.74. The largest absolute Gasteiger partial charge is 0.493 e. The molecule has 0 aromatic heterocycles. The van der Waals surface area contributed by atoms with Crippen molar-refractivity contribution in [2.75, 3.05) is 46.0 Å². The zero-order valence-corrected chi connectivity index (χ0v) is 12.4. The molecule has 1 aromatic rings. The summed E-state index contributed by atoms with van der Waals surface area (Å²) in [7, 11) is 0. The maximum atomic E-state index is 5.90. The van der Waals surface area contributed by atoms with Crippen LogP contribution in [-0.4, -0.2) is 50.9 Å². The first-order valence-electron chi connectivity index (χ1n) is 7.50. The predicted molar refractivity (Wildman–Crippen MR) is 81.1 cm³/mol. The molecule has 1 aliphatic rings. The van der Waals surface area contributed by atoms with E-state index >= 15 is 0 Å². The third-order valence-corrected chi connectivity index (χ3v) is 3.54. The van der Waals surface area contributed by atoms with Gasteiger partial charge >= 0.3 is 0 Å². The molecule has 0 saturated carbocycles. The smallest absolute Gasteiger partial charge is 0.119 e. The summed E-state index contributed by atoms with van der Waals surface area (Å²) < 4.78 is 11.3. The van der Waals surface area contributed by atoms with Crippen LogP contribution in [-0.2, 0) is 11.2 Å². The van der Waals surface area contributed by atoms with Crippen molar-refractivity contribution in [3.05, 3.63) is 29.8 Å². The summed E-state index contributed by atoms with van der Waals surface area (Å²) >= 11 is 0. The van der Waals surface area contributed by atoms with Crippen LogP contribution in [0.1, 0.15) is 12.5 Å². The van der Waals surface area contributed by atoms with E-state index in [4.69, 9.17) is 15.2 Å². The Morgan fingerprint density at radius 1 is 1.35 bits per heavy atom. The first-order chi connectivity index (χ1) is 9.78. The van der Waals surface area contributed by atoms with Crippen molar-refractivity contribution in [1.82, 2.24) is 4.90 Å². The fourth-order valence-corrected chi connectivity index (χ4v) is 2.47. The molecule has 0 bridgehead atoms. The molecule has 0 spiro atoms. The Bertz CT molecular complexity index is 392. The standard InChI is InChI=1S/C16H26N2O2/c1-14(12-18-7-9-19-10-8-18)13-20-16-4-2-3-15(11-16)5-6-17/h2-4,11,14H,5-10,12-13,17H2,1H3. The van der Waals surface area contributed by atoms with Crippen LogP contribution in [0.15, 0.2) is 24.3 Å². The predicted octanol–water partition coefficient (Wildman–Crippen LogP) is 1.53. The summed E-state index contributed by atoms with van der Waals surface area (Å²) in [6.07, 6.45) is 0.903. The molecule has 1 aromatic carbocycles. The number of rotatable bonds is 7. The average molecular weight is 278 g/mol. The minimum atomic E-state index is 0.520. The molecular formula is C16H26N2O2. The number of ether oxygens (including phenoxy) is 2. The van der Waals surface area contributed by atoms with E-state index in [1.165, 1.54) is 5.56 Å². The van der Waals surface area contributed by atoms with Crippen LogP contribution >= 0.6 is 0 Å². The van der Waals surface area contributed by atoms with E-state index in [0.717, 1.165) is 51.6 Å². The quantitative estimate of drug-likeness (QED) is 0.822. The van der Waals surface area contributed by atoms with Crippen LogP contribution in [0, 0.1) is 5.92 Å². The average Bonchev–Trinajstić information content (AvgIpc) is 2.47. The molecule has 1 fully saturated rings. The van der Waals surface area contributed by atoms with Crippen LogP contribution in [0.5, 0.6) is 5.75 Å². The summed E-state index contributed by atoms with van der Waals surface area (Å²) in [5.41, 5.74) is 6.82. The summed E-state index contributed by atoms with van der Waals surface area (Å²) in [5.74, 6) is 1.47. The molecule has 2 N–H and O–H groups in total. The summed E-state index contributed by atoms with van der Waals surface area (Å²) in [4.78, 5) is 2.45. The zero-order chi connectivity index (χ0) is 14.2.